The highest BCUT2D eigenvalue weighted by Gasteiger charge is 2.20. The van der Waals surface area contributed by atoms with E-state index in [0.717, 1.165) is 28.1 Å². The van der Waals surface area contributed by atoms with Gasteiger partial charge in [-0.25, -0.2) is 9.79 Å². The molecule has 5 nitrogen and oxygen atoms in total. The second-order valence-corrected chi connectivity index (χ2v) is 5.93. The summed E-state index contributed by atoms with van der Waals surface area (Å²) in [5.74, 6) is 0.362. The molecule has 2 heterocycles. The molecular weight excluding hydrogens is 328 g/mol. The van der Waals surface area contributed by atoms with Gasteiger partial charge in [-0.15, -0.1) is 0 Å². The Labute approximate surface area is 150 Å². The highest BCUT2D eigenvalue weighted by atomic mass is 16.5. The molecule has 1 aromatic heterocycles. The fourth-order valence-corrected chi connectivity index (χ4v) is 3.05. The number of carbonyl (C=O) groups is 1. The molecule has 0 amide bonds. The van der Waals surface area contributed by atoms with Crippen LogP contribution in [0.3, 0.4) is 0 Å². The van der Waals surface area contributed by atoms with Crippen molar-refractivity contribution >= 4 is 17.4 Å². The Morgan fingerprint density at radius 3 is 2.77 bits per heavy atom. The molecule has 0 spiro atoms. The summed E-state index contributed by atoms with van der Waals surface area (Å²) in [6.07, 6.45) is 3.98. The van der Waals surface area contributed by atoms with Gasteiger partial charge in [-0.1, -0.05) is 25.1 Å². The molecule has 0 radical (unpaired) electrons. The number of benzene rings is 2. The van der Waals surface area contributed by atoms with E-state index in [-0.39, 0.29) is 0 Å². The molecule has 0 saturated carbocycles. The number of hydrogen-bond donors (Lipinski definition) is 1. The number of pyridine rings is 1. The van der Waals surface area contributed by atoms with Crippen molar-refractivity contribution in [1.82, 2.24) is 4.98 Å². The van der Waals surface area contributed by atoms with Gasteiger partial charge in [0, 0.05) is 17.3 Å². The number of aliphatic imine (C=N–C) groups is 1. The molecule has 0 unspecified atom stereocenters. The number of rotatable bonds is 3. The number of aromatic nitrogens is 1. The largest absolute Gasteiger partial charge is 0.478 e. The molecule has 3 aromatic rings. The summed E-state index contributed by atoms with van der Waals surface area (Å²) in [7, 11) is 0. The van der Waals surface area contributed by atoms with E-state index in [2.05, 4.69) is 4.98 Å². The average Bonchev–Trinajstić information content (AvgIpc) is 2.84. The molecular formula is C21H16N2O3. The van der Waals surface area contributed by atoms with Gasteiger partial charge in [-0.3, -0.25) is 4.98 Å². The third kappa shape index (κ3) is 2.73. The number of carboxylic acids is 1. The smallest absolute Gasteiger partial charge is 0.335 e. The predicted octanol–water partition coefficient (Wildman–Crippen LogP) is 4.62. The number of hydrogen-bond acceptors (Lipinski definition) is 4. The molecule has 1 N–H and O–H groups in total. The van der Waals surface area contributed by atoms with Crippen molar-refractivity contribution in [2.24, 2.45) is 4.99 Å². The number of aromatic carboxylic acids is 1. The molecule has 0 bridgehead atoms. The van der Waals surface area contributed by atoms with Gasteiger partial charge >= 0.3 is 5.97 Å². The molecule has 1 aliphatic rings. The van der Waals surface area contributed by atoms with Gasteiger partial charge in [0.2, 0.25) is 0 Å². The maximum atomic E-state index is 11.4. The van der Waals surface area contributed by atoms with Crippen molar-refractivity contribution in [2.75, 3.05) is 0 Å². The number of nitrogens with zero attached hydrogens (tertiary/aromatic N) is 2. The Morgan fingerprint density at radius 1 is 1.12 bits per heavy atom. The molecule has 5 heteroatoms. The molecule has 128 valence electrons. The Kier molecular flexibility index (Phi) is 3.97. The SMILES string of the molecule is CCc1cc(C2=Nc3ccccc3Oc3cnccc32)ccc1C(=O)O. The van der Waals surface area contributed by atoms with Gasteiger partial charge in [-0.05, 0) is 42.3 Å². The lowest BCUT2D eigenvalue weighted by Gasteiger charge is -2.11. The predicted molar refractivity (Wildman–Crippen MR) is 98.8 cm³/mol. The van der Waals surface area contributed by atoms with Gasteiger partial charge < -0.3 is 9.84 Å². The van der Waals surface area contributed by atoms with Crippen LogP contribution < -0.4 is 4.74 Å². The zero-order chi connectivity index (χ0) is 18.1. The van der Waals surface area contributed by atoms with Gasteiger partial charge in [0.05, 0.1) is 17.5 Å². The minimum Gasteiger partial charge on any atom is -0.478 e. The van der Waals surface area contributed by atoms with Crippen LogP contribution in [0.1, 0.15) is 34.0 Å². The first kappa shape index (κ1) is 16.0. The van der Waals surface area contributed by atoms with E-state index in [1.807, 2.05) is 43.3 Å². The number of ether oxygens (including phenoxy) is 1. The topological polar surface area (TPSA) is 71.8 Å². The lowest BCUT2D eigenvalue weighted by molar-refractivity contribution is 0.0695. The van der Waals surface area contributed by atoms with Crippen molar-refractivity contribution < 1.29 is 14.6 Å². The van der Waals surface area contributed by atoms with Crippen molar-refractivity contribution in [3.8, 4) is 11.5 Å². The van der Waals surface area contributed by atoms with Gasteiger partial charge in [-0.2, -0.15) is 0 Å². The van der Waals surface area contributed by atoms with Gasteiger partial charge in [0.15, 0.2) is 11.5 Å². The average molecular weight is 344 g/mol. The van der Waals surface area contributed by atoms with E-state index in [4.69, 9.17) is 9.73 Å². The highest BCUT2D eigenvalue weighted by Crippen LogP contribution is 2.38. The van der Waals surface area contributed by atoms with E-state index in [9.17, 15) is 9.90 Å². The van der Waals surface area contributed by atoms with E-state index in [1.54, 1.807) is 24.5 Å². The number of carboxylic acid groups (broad SMARTS) is 1. The summed E-state index contributed by atoms with van der Waals surface area (Å²) < 4.78 is 6.00. The fourth-order valence-electron chi connectivity index (χ4n) is 3.05. The van der Waals surface area contributed by atoms with Crippen LogP contribution in [0, 0.1) is 0 Å². The molecule has 0 fully saturated rings. The van der Waals surface area contributed by atoms with Crippen molar-refractivity contribution in [3.05, 3.63) is 83.2 Å². The van der Waals surface area contributed by atoms with E-state index in [1.165, 1.54) is 0 Å². The first-order valence-corrected chi connectivity index (χ1v) is 8.34. The number of para-hydroxylation sites is 2. The lowest BCUT2D eigenvalue weighted by Crippen LogP contribution is -2.08. The molecule has 2 aromatic carbocycles. The van der Waals surface area contributed by atoms with Crippen LogP contribution in [0.4, 0.5) is 5.69 Å². The Hall–Kier alpha value is -3.47. The van der Waals surface area contributed by atoms with Crippen LogP contribution in [0.2, 0.25) is 0 Å². The van der Waals surface area contributed by atoms with E-state index in [0.29, 0.717) is 23.5 Å². The Morgan fingerprint density at radius 2 is 1.96 bits per heavy atom. The maximum absolute atomic E-state index is 11.4. The third-order valence-electron chi connectivity index (χ3n) is 4.35. The van der Waals surface area contributed by atoms with Crippen LogP contribution in [0.25, 0.3) is 0 Å². The van der Waals surface area contributed by atoms with Crippen LogP contribution in [0.5, 0.6) is 11.5 Å². The van der Waals surface area contributed by atoms with Crippen molar-refractivity contribution in [1.29, 1.82) is 0 Å². The zero-order valence-electron chi connectivity index (χ0n) is 14.1. The summed E-state index contributed by atoms with van der Waals surface area (Å²) in [6.45, 7) is 1.94. The second kappa shape index (κ2) is 6.44. The van der Waals surface area contributed by atoms with Gasteiger partial charge in [0.25, 0.3) is 0 Å². The third-order valence-corrected chi connectivity index (χ3v) is 4.35. The Balaban J connectivity index is 1.95. The maximum Gasteiger partial charge on any atom is 0.335 e. The van der Waals surface area contributed by atoms with Crippen molar-refractivity contribution in [2.45, 2.75) is 13.3 Å². The summed E-state index contributed by atoms with van der Waals surface area (Å²) in [5, 5.41) is 9.37. The van der Waals surface area contributed by atoms with Crippen LogP contribution >= 0.6 is 0 Å². The first-order valence-electron chi connectivity index (χ1n) is 8.34. The van der Waals surface area contributed by atoms with Crippen LogP contribution in [-0.2, 0) is 6.42 Å². The molecule has 26 heavy (non-hydrogen) atoms. The molecule has 0 atom stereocenters. The highest BCUT2D eigenvalue weighted by molar-refractivity contribution is 6.16. The quantitative estimate of drug-likeness (QED) is 0.589. The first-order chi connectivity index (χ1) is 12.7. The second-order valence-electron chi connectivity index (χ2n) is 5.93. The number of fused-ring (bicyclic) bond motifs is 2. The Bertz CT molecular complexity index is 1040. The summed E-state index contributed by atoms with van der Waals surface area (Å²) in [5.41, 5.74) is 4.21. The monoisotopic (exact) mass is 344 g/mol. The van der Waals surface area contributed by atoms with Crippen LogP contribution in [0.15, 0.2) is 65.9 Å². The van der Waals surface area contributed by atoms with Crippen LogP contribution in [-0.4, -0.2) is 21.8 Å². The zero-order valence-corrected chi connectivity index (χ0v) is 14.1. The summed E-state index contributed by atoms with van der Waals surface area (Å²) in [4.78, 5) is 20.4. The number of aryl methyl sites for hydroxylation is 1. The van der Waals surface area contributed by atoms with E-state index >= 15 is 0 Å². The fraction of sp³-hybridized carbons (Fsp3) is 0.0952. The molecule has 0 aliphatic carbocycles. The van der Waals surface area contributed by atoms with Gasteiger partial charge in [0.1, 0.15) is 5.69 Å². The van der Waals surface area contributed by atoms with Crippen molar-refractivity contribution in [3.63, 3.8) is 0 Å². The standard InChI is InChI=1S/C21H16N2O3/c1-2-13-11-14(7-8-15(13)21(24)25)20-16-9-10-22-12-19(16)26-18-6-4-3-5-17(18)23-20/h3-12H,2H2,1H3,(H,24,25). The lowest BCUT2D eigenvalue weighted by atomic mass is 9.96. The molecule has 1 aliphatic heterocycles. The summed E-state index contributed by atoms with van der Waals surface area (Å²) >= 11 is 0. The minimum absolute atomic E-state index is 0.317. The normalized spacial score (nSPS) is 12.3. The molecule has 0 saturated heterocycles. The molecule has 4 rings (SSSR count). The summed E-state index contributed by atoms with van der Waals surface area (Å²) in [6, 6.07) is 14.7. The minimum atomic E-state index is -0.922. The van der Waals surface area contributed by atoms with E-state index < -0.39 is 5.97 Å².